The Morgan fingerprint density at radius 3 is 2.74 bits per heavy atom. The first-order chi connectivity index (χ1) is 8.82. The zero-order valence-electron chi connectivity index (χ0n) is 9.30. The van der Waals surface area contributed by atoms with Gasteiger partial charge in [-0.3, -0.25) is 0 Å². The summed E-state index contributed by atoms with van der Waals surface area (Å²) in [6, 6.07) is 0.713. The Hall–Kier alpha value is -1.97. The number of hydrogen-bond acceptors (Lipinski definition) is 6. The Morgan fingerprint density at radius 1 is 1.47 bits per heavy atom. The van der Waals surface area contributed by atoms with Gasteiger partial charge in [-0.15, -0.1) is 12.6 Å². The summed E-state index contributed by atoms with van der Waals surface area (Å²) in [7, 11) is 1.06. The number of ether oxygens (including phenoxy) is 2. The topological polar surface area (TPSA) is 65.7 Å². The van der Waals surface area contributed by atoms with E-state index < -0.39 is 18.0 Å². The molecule has 102 valence electrons. The monoisotopic (exact) mass is 293 g/mol. The molecule has 2 rings (SSSR count). The van der Waals surface area contributed by atoms with Crippen LogP contribution in [0, 0.1) is 0 Å². The average Bonchev–Trinajstić information content (AvgIpc) is 2.70. The van der Waals surface area contributed by atoms with Crippen LogP contribution >= 0.6 is 12.6 Å². The first kappa shape index (κ1) is 13.5. The van der Waals surface area contributed by atoms with Crippen LogP contribution in [-0.4, -0.2) is 27.9 Å². The SMILES string of the molecule is COC(=O)Oc1cnn2c(C(F)(F)F)cc(S)nc12. The number of aromatic nitrogens is 3. The molecule has 0 aliphatic carbocycles. The van der Waals surface area contributed by atoms with E-state index in [-0.39, 0.29) is 16.4 Å². The van der Waals surface area contributed by atoms with Crippen LogP contribution < -0.4 is 4.74 Å². The van der Waals surface area contributed by atoms with E-state index in [4.69, 9.17) is 0 Å². The van der Waals surface area contributed by atoms with Crippen LogP contribution in [0.4, 0.5) is 18.0 Å². The van der Waals surface area contributed by atoms with Gasteiger partial charge < -0.3 is 9.47 Å². The van der Waals surface area contributed by atoms with E-state index in [1.807, 2.05) is 0 Å². The largest absolute Gasteiger partial charge is 0.513 e. The highest BCUT2D eigenvalue weighted by Gasteiger charge is 2.35. The zero-order valence-corrected chi connectivity index (χ0v) is 10.2. The Kier molecular flexibility index (Phi) is 3.27. The van der Waals surface area contributed by atoms with Crippen LogP contribution in [0.1, 0.15) is 5.69 Å². The normalized spacial score (nSPS) is 11.6. The number of methoxy groups -OCH3 is 1. The van der Waals surface area contributed by atoms with E-state index in [0.29, 0.717) is 10.6 Å². The Morgan fingerprint density at radius 2 is 2.16 bits per heavy atom. The summed E-state index contributed by atoms with van der Waals surface area (Å²) in [4.78, 5) is 14.7. The number of fused-ring (bicyclic) bond motifs is 1. The summed E-state index contributed by atoms with van der Waals surface area (Å²) in [5, 5.41) is 3.30. The van der Waals surface area contributed by atoms with Crippen LogP contribution in [0.3, 0.4) is 0 Å². The molecule has 0 amide bonds. The molecule has 0 fully saturated rings. The van der Waals surface area contributed by atoms with E-state index in [9.17, 15) is 18.0 Å². The maximum Gasteiger partial charge on any atom is 0.513 e. The van der Waals surface area contributed by atoms with Gasteiger partial charge in [-0.1, -0.05) is 0 Å². The fourth-order valence-corrected chi connectivity index (χ4v) is 1.55. The lowest BCUT2D eigenvalue weighted by Gasteiger charge is -2.09. The van der Waals surface area contributed by atoms with Gasteiger partial charge in [-0.2, -0.15) is 18.3 Å². The lowest BCUT2D eigenvalue weighted by atomic mass is 10.4. The van der Waals surface area contributed by atoms with Crippen molar-refractivity contribution in [2.24, 2.45) is 0 Å². The Balaban J connectivity index is 2.60. The van der Waals surface area contributed by atoms with Crippen molar-refractivity contribution in [3.05, 3.63) is 18.0 Å². The molecule has 19 heavy (non-hydrogen) atoms. The third kappa shape index (κ3) is 2.57. The highest BCUT2D eigenvalue weighted by molar-refractivity contribution is 7.80. The fraction of sp³-hybridized carbons (Fsp3) is 0.222. The standard InChI is InChI=1S/C9H6F3N3O3S/c1-17-8(16)18-4-3-13-15-5(9(10,11)12)2-6(19)14-7(4)15/h2-3H,1H3,(H,14,19). The van der Waals surface area contributed by atoms with Gasteiger partial charge in [-0.05, 0) is 0 Å². The van der Waals surface area contributed by atoms with Gasteiger partial charge in [-0.25, -0.2) is 14.3 Å². The molecule has 0 unspecified atom stereocenters. The maximum absolute atomic E-state index is 12.8. The highest BCUT2D eigenvalue weighted by Crippen LogP contribution is 2.32. The second kappa shape index (κ2) is 4.61. The van der Waals surface area contributed by atoms with Crippen LogP contribution in [0.15, 0.2) is 17.3 Å². The van der Waals surface area contributed by atoms with Crippen molar-refractivity contribution in [1.82, 2.24) is 14.6 Å². The van der Waals surface area contributed by atoms with Crippen molar-refractivity contribution in [1.29, 1.82) is 0 Å². The summed E-state index contributed by atoms with van der Waals surface area (Å²) in [5.41, 5.74) is -1.37. The molecular formula is C9H6F3N3O3S. The molecule has 2 heterocycles. The van der Waals surface area contributed by atoms with E-state index in [1.165, 1.54) is 0 Å². The predicted molar refractivity (Wildman–Crippen MR) is 58.3 cm³/mol. The van der Waals surface area contributed by atoms with Gasteiger partial charge in [0, 0.05) is 6.07 Å². The molecule has 2 aromatic heterocycles. The first-order valence-corrected chi connectivity index (χ1v) is 5.18. The van der Waals surface area contributed by atoms with Crippen molar-refractivity contribution in [3.8, 4) is 5.75 Å². The predicted octanol–water partition coefficient (Wildman–Crippen LogP) is 2.18. The first-order valence-electron chi connectivity index (χ1n) is 4.73. The van der Waals surface area contributed by atoms with Gasteiger partial charge >= 0.3 is 12.3 Å². The van der Waals surface area contributed by atoms with Crippen LogP contribution in [0.25, 0.3) is 5.65 Å². The molecule has 0 bridgehead atoms. The van der Waals surface area contributed by atoms with Gasteiger partial charge in [0.05, 0.1) is 18.3 Å². The summed E-state index contributed by atoms with van der Waals surface area (Å²) >= 11 is 3.77. The lowest BCUT2D eigenvalue weighted by Crippen LogP contribution is -2.13. The van der Waals surface area contributed by atoms with Gasteiger partial charge in [0.1, 0.15) is 0 Å². The molecule has 0 spiro atoms. The number of carbonyl (C=O) groups excluding carboxylic acids is 1. The van der Waals surface area contributed by atoms with Crippen molar-refractivity contribution in [2.75, 3.05) is 7.11 Å². The molecule has 0 saturated heterocycles. The molecule has 0 saturated carbocycles. The molecule has 0 N–H and O–H groups in total. The van der Waals surface area contributed by atoms with E-state index in [0.717, 1.165) is 13.3 Å². The van der Waals surface area contributed by atoms with Crippen molar-refractivity contribution in [2.45, 2.75) is 11.2 Å². The second-order valence-electron chi connectivity index (χ2n) is 3.30. The van der Waals surface area contributed by atoms with Crippen LogP contribution in [0.5, 0.6) is 5.75 Å². The van der Waals surface area contributed by atoms with Gasteiger partial charge in [0.15, 0.2) is 11.4 Å². The zero-order chi connectivity index (χ0) is 14.2. The molecule has 0 aliphatic heterocycles. The highest BCUT2D eigenvalue weighted by atomic mass is 32.1. The summed E-state index contributed by atoms with van der Waals surface area (Å²) < 4.78 is 47.7. The summed E-state index contributed by atoms with van der Waals surface area (Å²) in [6.07, 6.45) is -4.80. The summed E-state index contributed by atoms with van der Waals surface area (Å²) in [6.45, 7) is 0. The number of carbonyl (C=O) groups is 1. The molecule has 2 aromatic rings. The number of nitrogens with zero attached hydrogens (tertiary/aromatic N) is 3. The quantitative estimate of drug-likeness (QED) is 0.496. The number of alkyl halides is 3. The third-order valence-corrected chi connectivity index (χ3v) is 2.31. The number of rotatable bonds is 1. The van der Waals surface area contributed by atoms with Crippen molar-refractivity contribution >= 4 is 24.4 Å². The van der Waals surface area contributed by atoms with Crippen LogP contribution in [-0.2, 0) is 10.9 Å². The molecule has 0 atom stereocenters. The average molecular weight is 293 g/mol. The van der Waals surface area contributed by atoms with E-state index in [1.54, 1.807) is 0 Å². The molecular weight excluding hydrogens is 287 g/mol. The minimum atomic E-state index is -4.65. The Bertz CT molecular complexity index is 641. The molecule has 10 heteroatoms. The van der Waals surface area contributed by atoms with E-state index in [2.05, 4.69) is 32.2 Å². The maximum atomic E-state index is 12.8. The number of halogens is 3. The Labute approximate surface area is 109 Å². The van der Waals surface area contributed by atoms with Gasteiger partial charge in [0.2, 0.25) is 5.65 Å². The van der Waals surface area contributed by atoms with E-state index >= 15 is 0 Å². The summed E-state index contributed by atoms with van der Waals surface area (Å²) in [5.74, 6) is -0.256. The van der Waals surface area contributed by atoms with Crippen molar-refractivity contribution < 1.29 is 27.4 Å². The minimum Gasteiger partial charge on any atom is -0.437 e. The smallest absolute Gasteiger partial charge is 0.437 e. The molecule has 0 radical (unpaired) electrons. The second-order valence-corrected chi connectivity index (χ2v) is 3.76. The lowest BCUT2D eigenvalue weighted by molar-refractivity contribution is -0.142. The third-order valence-electron chi connectivity index (χ3n) is 2.08. The van der Waals surface area contributed by atoms with Crippen molar-refractivity contribution in [3.63, 3.8) is 0 Å². The molecule has 0 aliphatic rings. The number of hydrogen-bond donors (Lipinski definition) is 1. The van der Waals surface area contributed by atoms with Gasteiger partial charge in [0.25, 0.3) is 0 Å². The fourth-order valence-electron chi connectivity index (χ4n) is 1.34. The minimum absolute atomic E-state index is 0.185. The molecule has 0 aromatic carbocycles. The van der Waals surface area contributed by atoms with Crippen LogP contribution in [0.2, 0.25) is 0 Å². The number of thiol groups is 1. The molecule has 6 nitrogen and oxygen atoms in total.